The summed E-state index contributed by atoms with van der Waals surface area (Å²) in [5, 5.41) is 2.40. The summed E-state index contributed by atoms with van der Waals surface area (Å²) < 4.78 is 39.6. The molecule has 2 aliphatic rings. The van der Waals surface area contributed by atoms with Crippen molar-refractivity contribution >= 4 is 17.5 Å². The van der Waals surface area contributed by atoms with Crippen LogP contribution in [0.5, 0.6) is 0 Å². The Morgan fingerprint density at radius 3 is 2.12 bits per heavy atom. The summed E-state index contributed by atoms with van der Waals surface area (Å²) in [6.45, 7) is 3.83. The Balaban J connectivity index is 1.37. The highest BCUT2D eigenvalue weighted by Gasteiger charge is 2.35. The van der Waals surface area contributed by atoms with Crippen LogP contribution >= 0.6 is 0 Å². The van der Waals surface area contributed by atoms with E-state index >= 15 is 0 Å². The highest BCUT2D eigenvalue weighted by atomic mass is 19.4. The van der Waals surface area contributed by atoms with E-state index in [0.717, 1.165) is 37.6 Å². The predicted octanol–water partition coefficient (Wildman–Crippen LogP) is 3.63. The fourth-order valence-corrected chi connectivity index (χ4v) is 4.67. The van der Waals surface area contributed by atoms with E-state index in [2.05, 4.69) is 10.2 Å². The highest BCUT2D eigenvalue weighted by Crippen LogP contribution is 2.34. The third-order valence-electron chi connectivity index (χ3n) is 6.41. The van der Waals surface area contributed by atoms with E-state index in [9.17, 15) is 22.8 Å². The quantitative estimate of drug-likeness (QED) is 0.695. The van der Waals surface area contributed by atoms with E-state index in [1.54, 1.807) is 0 Å². The lowest BCUT2D eigenvalue weighted by atomic mass is 10.0. The van der Waals surface area contributed by atoms with Crippen LogP contribution in [-0.4, -0.2) is 72.3 Å². The van der Waals surface area contributed by atoms with Gasteiger partial charge >= 0.3 is 6.18 Å². The van der Waals surface area contributed by atoms with E-state index < -0.39 is 17.6 Å². The molecule has 0 radical (unpaired) electrons. The number of hydrogen-bond acceptors (Lipinski definition) is 4. The molecule has 1 atom stereocenters. The minimum Gasteiger partial charge on any atom is -0.341 e. The molecule has 0 saturated carbocycles. The van der Waals surface area contributed by atoms with Crippen molar-refractivity contribution in [1.82, 2.24) is 14.7 Å². The molecule has 2 aromatic rings. The maximum Gasteiger partial charge on any atom is 0.418 e. The molecule has 2 amide bonds. The minimum atomic E-state index is -4.54. The summed E-state index contributed by atoms with van der Waals surface area (Å²) in [5.74, 6) is -0.378. The first-order chi connectivity index (χ1) is 16.3. The van der Waals surface area contributed by atoms with Gasteiger partial charge in [-0.2, -0.15) is 13.2 Å². The van der Waals surface area contributed by atoms with Crippen LogP contribution in [0.4, 0.5) is 18.9 Å². The molecule has 2 fully saturated rings. The molecule has 1 N–H and O–H groups in total. The number of hydrogen-bond donors (Lipinski definition) is 1. The van der Waals surface area contributed by atoms with Gasteiger partial charge in [-0.15, -0.1) is 0 Å². The number of halogens is 3. The van der Waals surface area contributed by atoms with Crippen molar-refractivity contribution in [2.75, 3.05) is 51.1 Å². The average molecular weight is 475 g/mol. The van der Waals surface area contributed by atoms with Gasteiger partial charge in [0.2, 0.25) is 11.8 Å². The lowest BCUT2D eigenvalue weighted by Gasteiger charge is -2.39. The largest absolute Gasteiger partial charge is 0.418 e. The zero-order valence-corrected chi connectivity index (χ0v) is 18.9. The SMILES string of the molecule is O=C(CN1CCN(C(C(=O)N2CCCC2)c2ccccc2)CC1)Nc1ccccc1C(F)(F)F. The van der Waals surface area contributed by atoms with Gasteiger partial charge < -0.3 is 10.2 Å². The minimum absolute atomic E-state index is 0.00386. The third kappa shape index (κ3) is 5.77. The second-order valence-corrected chi connectivity index (χ2v) is 8.75. The number of nitrogens with zero attached hydrogens (tertiary/aromatic N) is 3. The lowest BCUT2D eigenvalue weighted by Crippen LogP contribution is -2.52. The molecular weight excluding hydrogens is 445 g/mol. The van der Waals surface area contributed by atoms with Crippen molar-refractivity contribution in [2.45, 2.75) is 25.1 Å². The topological polar surface area (TPSA) is 55.9 Å². The summed E-state index contributed by atoms with van der Waals surface area (Å²) in [6, 6.07) is 14.3. The number of carbonyl (C=O) groups is 2. The number of para-hydroxylation sites is 1. The number of benzene rings is 2. The number of anilines is 1. The Labute approximate surface area is 197 Å². The molecule has 2 saturated heterocycles. The molecule has 1 unspecified atom stereocenters. The summed E-state index contributed by atoms with van der Waals surface area (Å²) in [5.41, 5.74) is -0.146. The van der Waals surface area contributed by atoms with Gasteiger partial charge in [0.15, 0.2) is 0 Å². The fraction of sp³-hybridized carbons (Fsp3) is 0.440. The number of amides is 2. The molecule has 2 aliphatic heterocycles. The van der Waals surface area contributed by atoms with E-state index in [1.807, 2.05) is 40.1 Å². The van der Waals surface area contributed by atoms with Gasteiger partial charge in [0.05, 0.1) is 17.8 Å². The van der Waals surface area contributed by atoms with Gasteiger partial charge in [0, 0.05) is 39.3 Å². The van der Waals surface area contributed by atoms with Crippen LogP contribution in [-0.2, 0) is 15.8 Å². The monoisotopic (exact) mass is 474 g/mol. The first-order valence-electron chi connectivity index (χ1n) is 11.6. The van der Waals surface area contributed by atoms with Crippen LogP contribution in [0.15, 0.2) is 54.6 Å². The number of piperazine rings is 1. The van der Waals surface area contributed by atoms with Crippen LogP contribution in [0.1, 0.15) is 30.0 Å². The van der Waals surface area contributed by atoms with Gasteiger partial charge in [0.25, 0.3) is 0 Å². The predicted molar refractivity (Wildman–Crippen MR) is 123 cm³/mol. The van der Waals surface area contributed by atoms with E-state index in [-0.39, 0.29) is 24.2 Å². The van der Waals surface area contributed by atoms with Crippen molar-refractivity contribution in [2.24, 2.45) is 0 Å². The first kappa shape index (κ1) is 24.2. The maximum atomic E-state index is 13.3. The molecule has 182 valence electrons. The van der Waals surface area contributed by atoms with Gasteiger partial charge in [0.1, 0.15) is 6.04 Å². The van der Waals surface area contributed by atoms with Crippen LogP contribution < -0.4 is 5.32 Å². The molecule has 0 bridgehead atoms. The van der Waals surface area contributed by atoms with Crippen molar-refractivity contribution in [3.63, 3.8) is 0 Å². The van der Waals surface area contributed by atoms with Crippen molar-refractivity contribution < 1.29 is 22.8 Å². The van der Waals surface area contributed by atoms with E-state index in [1.165, 1.54) is 18.2 Å². The molecule has 6 nitrogen and oxygen atoms in total. The van der Waals surface area contributed by atoms with Crippen molar-refractivity contribution in [1.29, 1.82) is 0 Å². The Morgan fingerprint density at radius 1 is 0.853 bits per heavy atom. The molecular formula is C25H29F3N4O2. The lowest BCUT2D eigenvalue weighted by molar-refractivity contribution is -0.138. The number of nitrogens with one attached hydrogen (secondary N) is 1. The molecule has 9 heteroatoms. The van der Waals surface area contributed by atoms with Gasteiger partial charge in [-0.05, 0) is 30.5 Å². The Morgan fingerprint density at radius 2 is 1.47 bits per heavy atom. The molecule has 0 aliphatic carbocycles. The van der Waals surface area contributed by atoms with Crippen LogP contribution in [0.25, 0.3) is 0 Å². The van der Waals surface area contributed by atoms with Gasteiger partial charge in [-0.1, -0.05) is 42.5 Å². The molecule has 2 aromatic carbocycles. The molecule has 4 rings (SSSR count). The molecule has 0 aromatic heterocycles. The van der Waals surface area contributed by atoms with Crippen molar-refractivity contribution in [3.8, 4) is 0 Å². The standard InChI is InChI=1S/C25H29F3N4O2/c26-25(27,28)20-10-4-5-11-21(20)29-22(33)18-30-14-16-31(17-15-30)23(19-8-2-1-3-9-19)24(34)32-12-6-7-13-32/h1-5,8-11,23H,6-7,12-18H2,(H,29,33). The zero-order chi connectivity index (χ0) is 24.1. The van der Waals surface area contributed by atoms with Crippen LogP contribution in [0.2, 0.25) is 0 Å². The average Bonchev–Trinajstić information content (AvgIpc) is 3.36. The zero-order valence-electron chi connectivity index (χ0n) is 18.9. The number of carbonyl (C=O) groups excluding carboxylic acids is 2. The summed E-state index contributed by atoms with van der Waals surface area (Å²) in [6.07, 6.45) is -2.49. The summed E-state index contributed by atoms with van der Waals surface area (Å²) in [4.78, 5) is 31.8. The molecule has 0 spiro atoms. The number of alkyl halides is 3. The summed E-state index contributed by atoms with van der Waals surface area (Å²) in [7, 11) is 0. The highest BCUT2D eigenvalue weighted by molar-refractivity contribution is 5.93. The van der Waals surface area contributed by atoms with E-state index in [0.29, 0.717) is 26.2 Å². The summed E-state index contributed by atoms with van der Waals surface area (Å²) >= 11 is 0. The van der Waals surface area contributed by atoms with Crippen LogP contribution in [0.3, 0.4) is 0 Å². The third-order valence-corrected chi connectivity index (χ3v) is 6.41. The number of rotatable bonds is 6. The normalized spacial score (nSPS) is 18.6. The number of likely N-dealkylation sites (tertiary alicyclic amines) is 1. The second-order valence-electron chi connectivity index (χ2n) is 8.75. The van der Waals surface area contributed by atoms with Crippen molar-refractivity contribution in [3.05, 3.63) is 65.7 Å². The second kappa shape index (κ2) is 10.6. The van der Waals surface area contributed by atoms with Gasteiger partial charge in [-0.25, -0.2) is 0 Å². The smallest absolute Gasteiger partial charge is 0.341 e. The Kier molecular flexibility index (Phi) is 7.53. The molecule has 2 heterocycles. The maximum absolute atomic E-state index is 13.3. The molecule has 34 heavy (non-hydrogen) atoms. The fourth-order valence-electron chi connectivity index (χ4n) is 4.67. The Bertz CT molecular complexity index is 985. The van der Waals surface area contributed by atoms with E-state index in [4.69, 9.17) is 0 Å². The van der Waals surface area contributed by atoms with Gasteiger partial charge in [-0.3, -0.25) is 19.4 Å². The first-order valence-corrected chi connectivity index (χ1v) is 11.6. The van der Waals surface area contributed by atoms with Crippen LogP contribution in [0, 0.1) is 0 Å². The Hall–Kier alpha value is -2.91.